The smallest absolute Gasteiger partial charge is 0.253 e. The second-order valence-corrected chi connectivity index (χ2v) is 4.08. The van der Waals surface area contributed by atoms with E-state index in [4.69, 9.17) is 0 Å². The summed E-state index contributed by atoms with van der Waals surface area (Å²) >= 11 is 0. The molecule has 0 aliphatic carbocycles. The molecule has 1 aromatic heterocycles. The molecule has 0 radical (unpaired) electrons. The number of amides is 1. The normalized spacial score (nSPS) is 9.95. The molecule has 4 nitrogen and oxygen atoms in total. The van der Waals surface area contributed by atoms with Gasteiger partial charge in [0.15, 0.2) is 0 Å². The molecule has 1 amide bonds. The van der Waals surface area contributed by atoms with Crippen LogP contribution >= 0.6 is 0 Å². The number of para-hydroxylation sites is 1. The van der Waals surface area contributed by atoms with Crippen molar-refractivity contribution in [3.63, 3.8) is 0 Å². The summed E-state index contributed by atoms with van der Waals surface area (Å²) in [6, 6.07) is 13.1. The lowest BCUT2D eigenvalue weighted by Crippen LogP contribution is -2.24. The summed E-state index contributed by atoms with van der Waals surface area (Å²) in [5.41, 5.74) is 2.35. The highest BCUT2D eigenvalue weighted by Gasteiger charge is 2.09. The number of aromatic nitrogens is 1. The van der Waals surface area contributed by atoms with Crippen molar-refractivity contribution in [2.75, 3.05) is 11.9 Å². The molecule has 0 unspecified atom stereocenters. The van der Waals surface area contributed by atoms with Crippen LogP contribution in [0.1, 0.15) is 23.0 Å². The minimum atomic E-state index is -0.0952. The van der Waals surface area contributed by atoms with Gasteiger partial charge in [0.2, 0.25) is 0 Å². The van der Waals surface area contributed by atoms with E-state index in [1.54, 1.807) is 6.20 Å². The topological polar surface area (TPSA) is 54.0 Å². The van der Waals surface area contributed by atoms with Gasteiger partial charge < -0.3 is 10.6 Å². The summed E-state index contributed by atoms with van der Waals surface area (Å²) in [5, 5.41) is 6.05. The molecule has 2 rings (SSSR count). The molecule has 0 bridgehead atoms. The maximum absolute atomic E-state index is 12.1. The van der Waals surface area contributed by atoms with E-state index in [2.05, 4.69) is 15.6 Å². The third-order valence-electron chi connectivity index (χ3n) is 2.70. The highest BCUT2D eigenvalue weighted by Crippen LogP contribution is 2.14. The summed E-state index contributed by atoms with van der Waals surface area (Å²) in [7, 11) is 0. The molecule has 0 atom stereocenters. The van der Waals surface area contributed by atoms with Gasteiger partial charge in [-0.1, -0.05) is 18.2 Å². The number of rotatable bonds is 5. The molecule has 2 N–H and O–H groups in total. The van der Waals surface area contributed by atoms with Crippen LogP contribution in [0, 0.1) is 0 Å². The lowest BCUT2D eigenvalue weighted by Gasteiger charge is -2.10. The van der Waals surface area contributed by atoms with Crippen LogP contribution in [0.3, 0.4) is 0 Å². The summed E-state index contributed by atoms with van der Waals surface area (Å²) in [6.45, 7) is 3.22. The third kappa shape index (κ3) is 3.55. The average molecular weight is 255 g/mol. The fraction of sp³-hybridized carbons (Fsp3) is 0.200. The van der Waals surface area contributed by atoms with E-state index in [1.165, 1.54) is 0 Å². The largest absolute Gasteiger partial charge is 0.385 e. The second kappa shape index (κ2) is 6.54. The Balaban J connectivity index is 2.04. The van der Waals surface area contributed by atoms with Gasteiger partial charge in [-0.05, 0) is 31.2 Å². The van der Waals surface area contributed by atoms with Crippen LogP contribution in [0.15, 0.2) is 48.7 Å². The predicted octanol–water partition coefficient (Wildman–Crippen LogP) is 2.44. The fourth-order valence-corrected chi connectivity index (χ4v) is 1.79. The Hall–Kier alpha value is -2.36. The quantitative estimate of drug-likeness (QED) is 0.862. The number of nitrogens with zero attached hydrogens (tertiary/aromatic N) is 1. The van der Waals surface area contributed by atoms with Crippen molar-refractivity contribution < 1.29 is 4.79 Å². The molecule has 2 aromatic rings. The first-order chi connectivity index (χ1) is 9.31. The summed E-state index contributed by atoms with van der Waals surface area (Å²) in [6.07, 6.45) is 1.72. The Morgan fingerprint density at radius 3 is 2.68 bits per heavy atom. The lowest BCUT2D eigenvalue weighted by atomic mass is 10.1. The molecule has 1 aromatic carbocycles. The van der Waals surface area contributed by atoms with E-state index in [0.717, 1.165) is 17.9 Å². The van der Waals surface area contributed by atoms with Gasteiger partial charge in [0, 0.05) is 18.4 Å². The summed E-state index contributed by atoms with van der Waals surface area (Å²) in [5.74, 6) is -0.0952. The van der Waals surface area contributed by atoms with Crippen LogP contribution in [0.5, 0.6) is 0 Å². The van der Waals surface area contributed by atoms with Crippen molar-refractivity contribution in [2.45, 2.75) is 13.5 Å². The molecule has 0 spiro atoms. The van der Waals surface area contributed by atoms with Gasteiger partial charge in [-0.25, -0.2) is 0 Å². The molecule has 0 saturated carbocycles. The number of pyridine rings is 1. The van der Waals surface area contributed by atoms with E-state index < -0.39 is 0 Å². The zero-order chi connectivity index (χ0) is 13.5. The Kier molecular flexibility index (Phi) is 4.50. The van der Waals surface area contributed by atoms with E-state index in [9.17, 15) is 4.79 Å². The molecule has 0 saturated heterocycles. The number of benzene rings is 1. The minimum Gasteiger partial charge on any atom is -0.385 e. The highest BCUT2D eigenvalue weighted by atomic mass is 16.1. The van der Waals surface area contributed by atoms with E-state index >= 15 is 0 Å². The average Bonchev–Trinajstić information content (AvgIpc) is 2.47. The lowest BCUT2D eigenvalue weighted by molar-refractivity contribution is 0.0951. The van der Waals surface area contributed by atoms with Crippen LogP contribution in [0.2, 0.25) is 0 Å². The van der Waals surface area contributed by atoms with E-state index in [-0.39, 0.29) is 5.91 Å². The third-order valence-corrected chi connectivity index (χ3v) is 2.70. The molecular formula is C15H17N3O. The van der Waals surface area contributed by atoms with E-state index in [1.807, 2.05) is 49.4 Å². The highest BCUT2D eigenvalue weighted by molar-refractivity contribution is 5.99. The van der Waals surface area contributed by atoms with Crippen LogP contribution in [-0.2, 0) is 6.54 Å². The van der Waals surface area contributed by atoms with E-state index in [0.29, 0.717) is 12.1 Å². The monoisotopic (exact) mass is 255 g/mol. The molecule has 0 aliphatic rings. The second-order valence-electron chi connectivity index (χ2n) is 4.08. The number of anilines is 1. The molecule has 0 aliphatic heterocycles. The first kappa shape index (κ1) is 13.1. The molecule has 4 heteroatoms. The van der Waals surface area contributed by atoms with Gasteiger partial charge in [-0.15, -0.1) is 0 Å². The zero-order valence-electron chi connectivity index (χ0n) is 10.9. The maximum atomic E-state index is 12.1. The number of nitrogens with one attached hydrogen (secondary N) is 2. The molecular weight excluding hydrogens is 238 g/mol. The number of carbonyl (C=O) groups is 1. The van der Waals surface area contributed by atoms with Gasteiger partial charge in [0.05, 0.1) is 17.8 Å². The minimum absolute atomic E-state index is 0.0952. The standard InChI is InChI=1S/C15H17N3O/c1-2-16-14-9-4-3-8-13(14)15(19)18-11-12-7-5-6-10-17-12/h3-10,16H,2,11H2,1H3,(H,18,19). The Labute approximate surface area is 112 Å². The van der Waals surface area contributed by atoms with Gasteiger partial charge in [0.25, 0.3) is 5.91 Å². The van der Waals surface area contributed by atoms with Crippen LogP contribution in [0.25, 0.3) is 0 Å². The van der Waals surface area contributed by atoms with Gasteiger partial charge >= 0.3 is 0 Å². The number of hydrogen-bond acceptors (Lipinski definition) is 3. The Bertz CT molecular complexity index is 540. The first-order valence-corrected chi connectivity index (χ1v) is 6.32. The number of carbonyl (C=O) groups excluding carboxylic acids is 1. The number of hydrogen-bond donors (Lipinski definition) is 2. The molecule has 0 fully saturated rings. The van der Waals surface area contributed by atoms with Crippen molar-refractivity contribution in [2.24, 2.45) is 0 Å². The zero-order valence-corrected chi connectivity index (χ0v) is 10.9. The Morgan fingerprint density at radius 1 is 1.16 bits per heavy atom. The summed E-state index contributed by atoms with van der Waals surface area (Å²) in [4.78, 5) is 16.3. The predicted molar refractivity (Wildman–Crippen MR) is 76.0 cm³/mol. The van der Waals surface area contributed by atoms with Gasteiger partial charge in [-0.2, -0.15) is 0 Å². The fourth-order valence-electron chi connectivity index (χ4n) is 1.79. The van der Waals surface area contributed by atoms with Gasteiger partial charge in [-0.3, -0.25) is 9.78 Å². The van der Waals surface area contributed by atoms with Crippen molar-refractivity contribution in [3.8, 4) is 0 Å². The first-order valence-electron chi connectivity index (χ1n) is 6.32. The van der Waals surface area contributed by atoms with Crippen LogP contribution in [0.4, 0.5) is 5.69 Å². The Morgan fingerprint density at radius 2 is 1.95 bits per heavy atom. The molecule has 98 valence electrons. The molecule has 19 heavy (non-hydrogen) atoms. The van der Waals surface area contributed by atoms with Crippen molar-refractivity contribution in [1.29, 1.82) is 0 Å². The molecule has 1 heterocycles. The van der Waals surface area contributed by atoms with Crippen LogP contribution < -0.4 is 10.6 Å². The van der Waals surface area contributed by atoms with Crippen LogP contribution in [-0.4, -0.2) is 17.4 Å². The van der Waals surface area contributed by atoms with Crippen molar-refractivity contribution >= 4 is 11.6 Å². The van der Waals surface area contributed by atoms with Gasteiger partial charge in [0.1, 0.15) is 0 Å². The SMILES string of the molecule is CCNc1ccccc1C(=O)NCc1ccccn1. The maximum Gasteiger partial charge on any atom is 0.253 e. The summed E-state index contributed by atoms with van der Waals surface area (Å²) < 4.78 is 0. The van der Waals surface area contributed by atoms with Crippen molar-refractivity contribution in [3.05, 3.63) is 59.9 Å². The van der Waals surface area contributed by atoms with Crippen molar-refractivity contribution in [1.82, 2.24) is 10.3 Å².